The van der Waals surface area contributed by atoms with Crippen LogP contribution in [0.2, 0.25) is 5.02 Å². The van der Waals surface area contributed by atoms with Gasteiger partial charge in [0.2, 0.25) is 11.8 Å². The van der Waals surface area contributed by atoms with Gasteiger partial charge < -0.3 is 10.6 Å². The van der Waals surface area contributed by atoms with Gasteiger partial charge in [0.05, 0.1) is 16.4 Å². The first kappa shape index (κ1) is 22.2. The molecular weight excluding hydrogens is 419 g/mol. The molecule has 2 amide bonds. The van der Waals surface area contributed by atoms with Crippen LogP contribution in [0, 0.1) is 19.7 Å². The van der Waals surface area contributed by atoms with Crippen LogP contribution in [0.1, 0.15) is 29.9 Å². The zero-order chi connectivity index (χ0) is 22.5. The molecule has 0 radical (unpaired) electrons. The summed E-state index contributed by atoms with van der Waals surface area (Å²) in [7, 11) is 0. The Bertz CT molecular complexity index is 1160. The van der Waals surface area contributed by atoms with Gasteiger partial charge in [-0.15, -0.1) is 0 Å². The molecule has 0 bridgehead atoms. The molecule has 0 saturated heterocycles. The molecule has 160 valence electrons. The van der Waals surface area contributed by atoms with Crippen molar-refractivity contribution in [2.75, 3.05) is 10.6 Å². The number of halogens is 2. The Hall–Kier alpha value is -3.45. The summed E-state index contributed by atoms with van der Waals surface area (Å²) in [4.78, 5) is 24.7. The molecule has 1 heterocycles. The van der Waals surface area contributed by atoms with Gasteiger partial charge in [-0.25, -0.2) is 4.39 Å². The molecule has 0 saturated carbocycles. The van der Waals surface area contributed by atoms with Crippen molar-refractivity contribution in [2.45, 2.75) is 26.8 Å². The minimum absolute atomic E-state index is 0.261. The van der Waals surface area contributed by atoms with E-state index in [1.165, 1.54) is 24.3 Å². The fourth-order valence-corrected chi connectivity index (χ4v) is 3.27. The largest absolute Gasteiger partial charge is 0.323 e. The van der Waals surface area contributed by atoms with Crippen LogP contribution in [0.15, 0.2) is 54.6 Å². The number of aryl methyl sites for hydroxylation is 2. The molecule has 0 spiro atoms. The second kappa shape index (κ2) is 9.57. The highest BCUT2D eigenvalue weighted by atomic mass is 35.5. The van der Waals surface area contributed by atoms with Crippen molar-refractivity contribution < 1.29 is 14.0 Å². The summed E-state index contributed by atoms with van der Waals surface area (Å²) in [5.74, 6) is -1.03. The van der Waals surface area contributed by atoms with Crippen LogP contribution in [0.4, 0.5) is 15.8 Å². The molecule has 3 rings (SSSR count). The maximum atomic E-state index is 13.2. The Balaban J connectivity index is 1.63. The van der Waals surface area contributed by atoms with Gasteiger partial charge in [-0.05, 0) is 68.8 Å². The molecule has 0 aliphatic heterocycles. The molecule has 6 nitrogen and oxygen atoms in total. The second-order valence-electron chi connectivity index (χ2n) is 7.11. The number of rotatable bonds is 6. The third-order valence-corrected chi connectivity index (χ3v) is 4.87. The smallest absolute Gasteiger partial charge is 0.248 e. The molecule has 0 aliphatic rings. The normalized spacial score (nSPS) is 12.0. The van der Waals surface area contributed by atoms with Gasteiger partial charge in [-0.3, -0.25) is 14.3 Å². The summed E-state index contributed by atoms with van der Waals surface area (Å²) in [5.41, 5.74) is 3.18. The highest BCUT2D eigenvalue weighted by Gasteiger charge is 2.19. The van der Waals surface area contributed by atoms with Crippen LogP contribution in [0.25, 0.3) is 6.08 Å². The molecule has 1 unspecified atom stereocenters. The predicted octanol–water partition coefficient (Wildman–Crippen LogP) is 5.14. The first-order chi connectivity index (χ1) is 14.7. The third kappa shape index (κ3) is 5.79. The van der Waals surface area contributed by atoms with Crippen molar-refractivity contribution in [2.24, 2.45) is 0 Å². The van der Waals surface area contributed by atoms with E-state index in [1.807, 2.05) is 19.9 Å². The monoisotopic (exact) mass is 440 g/mol. The van der Waals surface area contributed by atoms with Crippen molar-refractivity contribution in [3.05, 3.63) is 82.4 Å². The van der Waals surface area contributed by atoms with Gasteiger partial charge in [0.15, 0.2) is 0 Å². The van der Waals surface area contributed by atoms with Gasteiger partial charge in [-0.1, -0.05) is 23.7 Å². The highest BCUT2D eigenvalue weighted by molar-refractivity contribution is 6.34. The zero-order valence-electron chi connectivity index (χ0n) is 17.3. The number of aromatic nitrogens is 2. The average molecular weight is 441 g/mol. The zero-order valence-corrected chi connectivity index (χ0v) is 18.1. The minimum Gasteiger partial charge on any atom is -0.323 e. The van der Waals surface area contributed by atoms with E-state index in [1.54, 1.807) is 41.9 Å². The number of carbonyl (C=O) groups is 2. The number of amides is 2. The second-order valence-corrected chi connectivity index (χ2v) is 7.52. The van der Waals surface area contributed by atoms with E-state index in [9.17, 15) is 14.0 Å². The van der Waals surface area contributed by atoms with Gasteiger partial charge in [0.25, 0.3) is 0 Å². The number of nitrogens with zero attached hydrogens (tertiary/aromatic N) is 2. The lowest BCUT2D eigenvalue weighted by Gasteiger charge is -2.15. The summed E-state index contributed by atoms with van der Waals surface area (Å²) >= 11 is 6.29. The molecule has 2 aromatic carbocycles. The average Bonchev–Trinajstić information content (AvgIpc) is 3.06. The molecule has 0 fully saturated rings. The van der Waals surface area contributed by atoms with E-state index in [0.29, 0.717) is 16.9 Å². The van der Waals surface area contributed by atoms with Crippen LogP contribution in [-0.4, -0.2) is 21.6 Å². The van der Waals surface area contributed by atoms with E-state index < -0.39 is 11.9 Å². The lowest BCUT2D eigenvalue weighted by molar-refractivity contribution is -0.119. The summed E-state index contributed by atoms with van der Waals surface area (Å²) in [5, 5.41) is 10.1. The summed E-state index contributed by atoms with van der Waals surface area (Å²) in [6.07, 6.45) is 2.81. The van der Waals surface area contributed by atoms with E-state index >= 15 is 0 Å². The highest BCUT2D eigenvalue weighted by Crippen LogP contribution is 2.26. The van der Waals surface area contributed by atoms with Crippen LogP contribution >= 0.6 is 11.6 Å². The quantitative estimate of drug-likeness (QED) is 0.521. The topological polar surface area (TPSA) is 76.0 Å². The Morgan fingerprint density at radius 3 is 2.55 bits per heavy atom. The van der Waals surface area contributed by atoms with E-state index in [4.69, 9.17) is 11.6 Å². The number of hydrogen-bond acceptors (Lipinski definition) is 3. The molecule has 0 aliphatic carbocycles. The molecule has 3 aromatic rings. The van der Waals surface area contributed by atoms with Gasteiger partial charge >= 0.3 is 0 Å². The molecular formula is C23H22ClFN4O2. The van der Waals surface area contributed by atoms with E-state index in [-0.39, 0.29) is 16.7 Å². The number of benzene rings is 2. The van der Waals surface area contributed by atoms with Gasteiger partial charge in [0, 0.05) is 17.5 Å². The Labute approximate surface area is 184 Å². The standard InChI is InChI=1S/C23H22ClFN4O2/c1-14-11-15(2)29(28-14)16(3)23(31)27-21-9-8-19(13-20(21)24)26-22(30)10-7-17-5-4-6-18(25)12-17/h4-13,16H,1-3H3,(H,26,30)(H,27,31). The fourth-order valence-electron chi connectivity index (χ4n) is 3.05. The van der Waals surface area contributed by atoms with Crippen LogP contribution in [0.5, 0.6) is 0 Å². The van der Waals surface area contributed by atoms with Crippen molar-refractivity contribution in [1.82, 2.24) is 9.78 Å². The third-order valence-electron chi connectivity index (χ3n) is 4.56. The maximum absolute atomic E-state index is 13.2. The van der Waals surface area contributed by atoms with Crippen molar-refractivity contribution in [1.29, 1.82) is 0 Å². The lowest BCUT2D eigenvalue weighted by atomic mass is 10.2. The predicted molar refractivity (Wildman–Crippen MR) is 121 cm³/mol. The van der Waals surface area contributed by atoms with Gasteiger partial charge in [-0.2, -0.15) is 5.10 Å². The number of carbonyl (C=O) groups excluding carboxylic acids is 2. The number of nitrogens with one attached hydrogen (secondary N) is 2. The number of hydrogen-bond donors (Lipinski definition) is 2. The SMILES string of the molecule is Cc1cc(C)n(C(C)C(=O)Nc2ccc(NC(=O)C=Cc3cccc(F)c3)cc2Cl)n1. The van der Waals surface area contributed by atoms with Crippen LogP contribution in [0.3, 0.4) is 0 Å². The molecule has 1 atom stereocenters. The molecule has 8 heteroatoms. The minimum atomic E-state index is -0.517. The lowest BCUT2D eigenvalue weighted by Crippen LogP contribution is -2.25. The molecule has 1 aromatic heterocycles. The molecule has 31 heavy (non-hydrogen) atoms. The number of anilines is 2. The maximum Gasteiger partial charge on any atom is 0.248 e. The first-order valence-electron chi connectivity index (χ1n) is 9.61. The van der Waals surface area contributed by atoms with Crippen molar-refractivity contribution in [3.8, 4) is 0 Å². The summed E-state index contributed by atoms with van der Waals surface area (Å²) in [6.45, 7) is 5.50. The van der Waals surface area contributed by atoms with E-state index in [2.05, 4.69) is 15.7 Å². The van der Waals surface area contributed by atoms with Gasteiger partial charge in [0.1, 0.15) is 11.9 Å². The summed E-state index contributed by atoms with van der Waals surface area (Å²) in [6, 6.07) is 12.1. The molecule has 2 N–H and O–H groups in total. The summed E-state index contributed by atoms with van der Waals surface area (Å²) < 4.78 is 14.8. The Morgan fingerprint density at radius 2 is 1.90 bits per heavy atom. The van der Waals surface area contributed by atoms with Crippen LogP contribution in [-0.2, 0) is 9.59 Å². The van der Waals surface area contributed by atoms with Crippen molar-refractivity contribution in [3.63, 3.8) is 0 Å². The van der Waals surface area contributed by atoms with Crippen LogP contribution < -0.4 is 10.6 Å². The van der Waals surface area contributed by atoms with Crippen molar-refractivity contribution >= 4 is 40.9 Å². The first-order valence-corrected chi connectivity index (χ1v) is 9.98. The Morgan fingerprint density at radius 1 is 1.13 bits per heavy atom. The Kier molecular flexibility index (Phi) is 6.87. The van der Waals surface area contributed by atoms with E-state index in [0.717, 1.165) is 11.4 Å². The fraction of sp³-hybridized carbons (Fsp3) is 0.174.